The Morgan fingerprint density at radius 2 is 0.809 bits per heavy atom. The number of H-pyrrole nitrogens is 1. The van der Waals surface area contributed by atoms with Crippen LogP contribution in [0.3, 0.4) is 0 Å². The van der Waals surface area contributed by atoms with Gasteiger partial charge in [0.1, 0.15) is 90.6 Å². The van der Waals surface area contributed by atoms with Crippen molar-refractivity contribution in [2.24, 2.45) is 51.2 Å². The molecule has 33 N–H and O–H groups in total. The van der Waals surface area contributed by atoms with E-state index < -0.39 is 304 Å². The number of aromatic nitrogens is 1. The molecule has 0 radical (unpaired) electrons. The van der Waals surface area contributed by atoms with Gasteiger partial charge in [-0.15, -0.1) is 0 Å². The standard InChI is InChI=1S/C90H131N25O26/c1-45(2)34-59(104-72(122)42-100-76(127)56(28-31-73(123)124)103-71(121)41-99-74(125)47(5)91)81(132)111-63(39-70(94)120)84(135)114-65(43-116)85(136)106-57(26-29-68(92)118)79(130)109-61(36-50-18-10-8-11-19-50)82(133)110-62(38-52-40-98-54-23-15-14-22-53(52)54)83(134)113-66(44-117)86(137)108-60(35-46(3)4)80(131)101-48(6)75(126)102-49(7)88(139)115-33-17-25-67(115)87(138)107-58(27-30-69(93)119)78(129)105-55(24-16-32-97-90(95)96)77(128)112-64(89(140)141)37-51-20-12-9-13-21-51/h8-15,18-23,40,45-49,55-67,98,116-117H,16-17,24-39,41-44,91H2,1-7H3,(H2,92,118)(H2,93,119)(H2,94,120)(H,99,125)(H,100,127)(H,101,131)(H,102,126)(H,103,121)(H,104,122)(H,105,129)(H,106,136)(H,107,138)(H,108,137)(H,109,130)(H,110,133)(H,111,132)(H,112,128)(H,113,134)(H,114,135)(H,123,124)(H,140,141)(H4,95,96,97). The molecule has 16 unspecified atom stereocenters. The monoisotopic (exact) mass is 1980 g/mol. The van der Waals surface area contributed by atoms with Crippen molar-refractivity contribution in [3.8, 4) is 0 Å². The summed E-state index contributed by atoms with van der Waals surface area (Å²) in [5.41, 5.74) is 34.9. The first-order valence-corrected chi connectivity index (χ1v) is 45.6. The number of nitrogens with zero attached hydrogens (tertiary/aromatic N) is 2. The van der Waals surface area contributed by atoms with E-state index in [-0.39, 0.29) is 82.8 Å². The molecule has 4 aromatic rings. The molecular weight excluding hydrogens is 1850 g/mol. The number of fused-ring (bicyclic) bond motifs is 1. The van der Waals surface area contributed by atoms with Gasteiger partial charge in [-0.2, -0.15) is 0 Å². The summed E-state index contributed by atoms with van der Waals surface area (Å²) in [6, 6.07) is -2.48. The number of nitrogens with one attached hydrogen (secondary N) is 17. The van der Waals surface area contributed by atoms with E-state index in [4.69, 9.17) is 34.4 Å². The first kappa shape index (κ1) is 116. The maximum Gasteiger partial charge on any atom is 0.326 e. The van der Waals surface area contributed by atoms with E-state index in [2.05, 4.69) is 95.0 Å². The maximum absolute atomic E-state index is 15.1. The van der Waals surface area contributed by atoms with Crippen LogP contribution in [0.2, 0.25) is 0 Å². The SMILES string of the molecule is CC(C)CC(NC(=O)CNC(=O)C(CCC(=O)O)NC(=O)CNC(=O)C(C)N)C(=O)NC(CC(N)=O)C(=O)NC(CO)C(=O)NC(CCC(N)=O)C(=O)NC(Cc1ccccc1)C(=O)NC(Cc1c[nH]c2ccccc12)C(=O)NC(CO)C(=O)NC(CC(C)C)C(=O)NC(C)C(=O)NC(C)C(=O)N1CCCC1C(=O)NC(CCC(N)=O)C(=O)NC(CCCN=C(N)N)C(=O)NC(Cc1ccccc1)C(=O)O. The van der Waals surface area contributed by atoms with Crippen molar-refractivity contribution in [1.29, 1.82) is 0 Å². The number of rotatable bonds is 61. The van der Waals surface area contributed by atoms with Crippen LogP contribution in [-0.4, -0.2) is 302 Å². The van der Waals surface area contributed by atoms with Crippen LogP contribution in [0.5, 0.6) is 0 Å². The molecule has 2 heterocycles. The van der Waals surface area contributed by atoms with Crippen LogP contribution >= 0.6 is 0 Å². The third kappa shape index (κ3) is 40.7. The van der Waals surface area contributed by atoms with Gasteiger partial charge in [0, 0.05) is 68.7 Å². The van der Waals surface area contributed by atoms with Gasteiger partial charge in [-0.3, -0.25) is 106 Å². The fourth-order valence-corrected chi connectivity index (χ4v) is 14.6. The van der Waals surface area contributed by atoms with Crippen LogP contribution in [0.15, 0.2) is 96.1 Å². The smallest absolute Gasteiger partial charge is 0.326 e. The molecule has 1 aliphatic heterocycles. The van der Waals surface area contributed by atoms with Gasteiger partial charge in [0.05, 0.1) is 38.8 Å². The molecule has 20 amide bonds. The Balaban J connectivity index is 1.31. The topological polar surface area (TPSA) is 836 Å². The third-order valence-corrected chi connectivity index (χ3v) is 22.0. The molecule has 0 aliphatic carbocycles. The minimum Gasteiger partial charge on any atom is -0.481 e. The number of carbonyl (C=O) groups excluding carboxylic acids is 20. The normalized spacial score (nSPS) is 15.3. The molecule has 772 valence electrons. The molecule has 0 bridgehead atoms. The summed E-state index contributed by atoms with van der Waals surface area (Å²) >= 11 is 0. The van der Waals surface area contributed by atoms with Gasteiger partial charge in [0.25, 0.3) is 0 Å². The van der Waals surface area contributed by atoms with Gasteiger partial charge in [-0.1, -0.05) is 107 Å². The van der Waals surface area contributed by atoms with Crippen LogP contribution in [0.4, 0.5) is 0 Å². The number of carboxylic acids is 2. The molecule has 5 rings (SSSR count). The molecule has 1 saturated heterocycles. The number of aliphatic imine (C=N–C) groups is 1. The predicted molar refractivity (Wildman–Crippen MR) is 503 cm³/mol. The first-order valence-electron chi connectivity index (χ1n) is 45.6. The van der Waals surface area contributed by atoms with Gasteiger partial charge in [-0.25, -0.2) is 4.79 Å². The van der Waals surface area contributed by atoms with E-state index in [0.29, 0.717) is 27.6 Å². The number of hydrogen-bond donors (Lipinski definition) is 27. The van der Waals surface area contributed by atoms with Gasteiger partial charge in [0.2, 0.25) is 118 Å². The fraction of sp³-hybridized carbons (Fsp3) is 0.522. The third-order valence-electron chi connectivity index (χ3n) is 22.0. The molecule has 141 heavy (non-hydrogen) atoms. The zero-order chi connectivity index (χ0) is 105. The summed E-state index contributed by atoms with van der Waals surface area (Å²) in [5, 5.41) is 79.8. The van der Waals surface area contributed by atoms with Crippen molar-refractivity contribution in [2.45, 2.75) is 248 Å². The Labute approximate surface area is 810 Å². The lowest BCUT2D eigenvalue weighted by atomic mass is 10.0. The summed E-state index contributed by atoms with van der Waals surface area (Å²) in [6.07, 6.45) is -3.66. The van der Waals surface area contributed by atoms with Gasteiger partial charge in [-0.05, 0) is 113 Å². The lowest BCUT2D eigenvalue weighted by Gasteiger charge is -2.30. The van der Waals surface area contributed by atoms with Crippen LogP contribution in [0, 0.1) is 11.8 Å². The van der Waals surface area contributed by atoms with Gasteiger partial charge < -0.3 is 150 Å². The quantitative estimate of drug-likeness (QED) is 0.0111. The molecule has 3 aromatic carbocycles. The average Bonchev–Trinajstić information content (AvgIpc) is 1.66. The average molecular weight is 1980 g/mol. The minimum absolute atomic E-state index is 0.0126. The Hall–Kier alpha value is -15.3. The van der Waals surface area contributed by atoms with E-state index >= 15 is 4.79 Å². The number of likely N-dealkylation sites (tertiary alicyclic amines) is 1. The number of carboxylic acid groups (broad SMARTS) is 2. The van der Waals surface area contributed by atoms with Crippen molar-refractivity contribution in [2.75, 3.05) is 39.4 Å². The lowest BCUT2D eigenvalue weighted by Crippen LogP contribution is -2.62. The summed E-state index contributed by atoms with van der Waals surface area (Å²) in [6.45, 7) is 6.50. The summed E-state index contributed by atoms with van der Waals surface area (Å²) in [5.74, 6) is -24.6. The molecule has 51 heteroatoms. The number of aliphatic hydroxyl groups is 2. The number of nitrogens with two attached hydrogens (primary N) is 6. The summed E-state index contributed by atoms with van der Waals surface area (Å²) in [4.78, 5) is 307. The molecule has 1 aliphatic rings. The number of carbonyl (C=O) groups is 22. The number of aromatic amines is 1. The Morgan fingerprint density at radius 3 is 1.30 bits per heavy atom. The number of benzene rings is 3. The van der Waals surface area contributed by atoms with Crippen LogP contribution in [-0.2, 0) is 125 Å². The largest absolute Gasteiger partial charge is 0.481 e. The Morgan fingerprint density at radius 1 is 0.411 bits per heavy atom. The van der Waals surface area contributed by atoms with Crippen LogP contribution in [0.1, 0.15) is 149 Å². The molecule has 1 aromatic heterocycles. The fourth-order valence-electron chi connectivity index (χ4n) is 14.6. The second kappa shape index (κ2) is 58.4. The summed E-state index contributed by atoms with van der Waals surface area (Å²) < 4.78 is 0. The highest BCUT2D eigenvalue weighted by atomic mass is 16.4. The predicted octanol–water partition coefficient (Wildman–Crippen LogP) is -8.92. The Kier molecular flexibility index (Phi) is 48.1. The Bertz CT molecular complexity index is 5090. The van der Waals surface area contributed by atoms with Gasteiger partial charge in [0.15, 0.2) is 5.96 Å². The number of aliphatic hydroxyl groups excluding tert-OH is 2. The molecule has 0 saturated carbocycles. The number of guanidine groups is 1. The molecule has 0 spiro atoms. The second-order valence-corrected chi connectivity index (χ2v) is 34.7. The van der Waals surface area contributed by atoms with Crippen LogP contribution < -0.4 is 119 Å². The molecule has 51 nitrogen and oxygen atoms in total. The zero-order valence-electron chi connectivity index (χ0n) is 79.2. The van der Waals surface area contributed by atoms with Gasteiger partial charge >= 0.3 is 11.9 Å². The highest BCUT2D eigenvalue weighted by molar-refractivity contribution is 6.03. The molecular formula is C90H131N25O26. The highest BCUT2D eigenvalue weighted by Crippen LogP contribution is 2.23. The van der Waals surface area contributed by atoms with E-state index in [9.17, 15) is 121 Å². The number of amides is 20. The number of para-hydroxylation sites is 1. The van der Waals surface area contributed by atoms with Crippen LogP contribution in [0.25, 0.3) is 10.9 Å². The second-order valence-electron chi connectivity index (χ2n) is 34.7. The van der Waals surface area contributed by atoms with E-state index in [1.54, 1.807) is 113 Å². The highest BCUT2D eigenvalue weighted by Gasteiger charge is 2.42. The maximum atomic E-state index is 15.1. The van der Waals surface area contributed by atoms with Crippen molar-refractivity contribution in [3.05, 3.63) is 108 Å². The number of aliphatic carboxylic acids is 2. The summed E-state index contributed by atoms with van der Waals surface area (Å²) in [7, 11) is 0. The molecule has 16 atom stereocenters. The number of primary amides is 3. The van der Waals surface area contributed by atoms with Crippen molar-refractivity contribution >= 4 is 147 Å². The van der Waals surface area contributed by atoms with Crippen molar-refractivity contribution in [1.82, 2.24) is 95.0 Å². The molecule has 1 fully saturated rings. The van der Waals surface area contributed by atoms with E-state index in [0.717, 1.165) is 4.90 Å². The minimum atomic E-state index is -2.07. The first-order chi connectivity index (χ1) is 66.6. The lowest BCUT2D eigenvalue weighted by molar-refractivity contribution is -0.143. The van der Waals surface area contributed by atoms with E-state index in [1.807, 2.05) is 0 Å². The number of hydrogen-bond acceptors (Lipinski definition) is 26. The van der Waals surface area contributed by atoms with E-state index in [1.165, 1.54) is 27.0 Å². The van der Waals surface area contributed by atoms with Crippen molar-refractivity contribution in [3.63, 3.8) is 0 Å². The zero-order valence-corrected chi connectivity index (χ0v) is 79.2. The van der Waals surface area contributed by atoms with Crippen molar-refractivity contribution < 1.29 is 126 Å².